The van der Waals surface area contributed by atoms with Gasteiger partial charge in [-0.3, -0.25) is 9.89 Å². The zero-order chi connectivity index (χ0) is 17.8. The lowest BCUT2D eigenvalue weighted by Gasteiger charge is -2.25. The molecular formula is C21H30IN5. The second-order valence-corrected chi connectivity index (χ2v) is 7.26. The normalized spacial score (nSPS) is 22.6. The van der Waals surface area contributed by atoms with E-state index in [9.17, 15) is 0 Å². The summed E-state index contributed by atoms with van der Waals surface area (Å²) in [5, 5.41) is 3.54. The van der Waals surface area contributed by atoms with E-state index in [1.165, 1.54) is 17.7 Å². The number of hydrogen-bond donors (Lipinski definition) is 1. The van der Waals surface area contributed by atoms with Crippen molar-refractivity contribution >= 4 is 35.6 Å². The van der Waals surface area contributed by atoms with Crippen LogP contribution >= 0.6 is 24.0 Å². The Balaban J connectivity index is 0.00000210. The van der Waals surface area contributed by atoms with Crippen molar-refractivity contribution in [3.05, 3.63) is 54.1 Å². The average Bonchev–Trinajstić information content (AvgIpc) is 3.43. The van der Waals surface area contributed by atoms with E-state index in [2.05, 4.69) is 73.6 Å². The molecule has 3 aliphatic heterocycles. The summed E-state index contributed by atoms with van der Waals surface area (Å²) in [5.74, 6) is 1.02. The molecule has 27 heavy (non-hydrogen) atoms. The van der Waals surface area contributed by atoms with E-state index >= 15 is 0 Å². The van der Waals surface area contributed by atoms with E-state index in [0.29, 0.717) is 6.04 Å². The Morgan fingerprint density at radius 3 is 2.37 bits per heavy atom. The van der Waals surface area contributed by atoms with Crippen LogP contribution in [0.2, 0.25) is 0 Å². The maximum absolute atomic E-state index is 4.51. The van der Waals surface area contributed by atoms with Crippen LogP contribution in [-0.4, -0.2) is 68.1 Å². The van der Waals surface area contributed by atoms with Gasteiger partial charge in [-0.05, 0) is 24.1 Å². The van der Waals surface area contributed by atoms with Crippen molar-refractivity contribution in [1.29, 1.82) is 0 Å². The Labute approximate surface area is 179 Å². The van der Waals surface area contributed by atoms with E-state index < -0.39 is 0 Å². The third kappa shape index (κ3) is 4.85. The van der Waals surface area contributed by atoms with Crippen LogP contribution in [0.15, 0.2) is 53.6 Å². The fourth-order valence-corrected chi connectivity index (χ4v) is 4.05. The highest BCUT2D eigenvalue weighted by molar-refractivity contribution is 14.0. The maximum atomic E-state index is 4.51. The van der Waals surface area contributed by atoms with Crippen molar-refractivity contribution in [2.45, 2.75) is 19.0 Å². The van der Waals surface area contributed by atoms with Crippen LogP contribution in [-0.2, 0) is 6.54 Å². The average molecular weight is 479 g/mol. The van der Waals surface area contributed by atoms with Gasteiger partial charge in [-0.15, -0.1) is 24.0 Å². The molecule has 1 saturated heterocycles. The second kappa shape index (κ2) is 9.59. The molecule has 6 heteroatoms. The monoisotopic (exact) mass is 479 g/mol. The lowest BCUT2D eigenvalue weighted by Crippen LogP contribution is -2.42. The fourth-order valence-electron chi connectivity index (χ4n) is 4.05. The summed E-state index contributed by atoms with van der Waals surface area (Å²) in [6, 6.07) is 9.53. The predicted molar refractivity (Wildman–Crippen MR) is 124 cm³/mol. The number of benzene rings is 1. The lowest BCUT2D eigenvalue weighted by atomic mass is 10.2. The summed E-state index contributed by atoms with van der Waals surface area (Å²) in [5.41, 5.74) is 2.59. The largest absolute Gasteiger partial charge is 0.364 e. The summed E-state index contributed by atoms with van der Waals surface area (Å²) in [6.45, 7) is 7.22. The number of likely N-dealkylation sites (tertiary alicyclic amines) is 1. The number of guanidine groups is 1. The van der Waals surface area contributed by atoms with E-state index in [1.54, 1.807) is 0 Å². The Bertz CT molecular complexity index is 681. The van der Waals surface area contributed by atoms with Gasteiger partial charge >= 0.3 is 0 Å². The third-order valence-electron chi connectivity index (χ3n) is 5.61. The topological polar surface area (TPSA) is 34.1 Å². The van der Waals surface area contributed by atoms with Crippen LogP contribution in [0.4, 0.5) is 5.69 Å². The maximum Gasteiger partial charge on any atom is 0.193 e. The van der Waals surface area contributed by atoms with E-state index in [1.807, 2.05) is 7.05 Å². The van der Waals surface area contributed by atoms with Crippen LogP contribution in [0.5, 0.6) is 0 Å². The molecule has 1 atom stereocenters. The van der Waals surface area contributed by atoms with Gasteiger partial charge in [0, 0.05) is 64.6 Å². The molecule has 1 N–H and O–H groups in total. The first kappa shape index (κ1) is 20.2. The second-order valence-electron chi connectivity index (χ2n) is 7.26. The molecule has 1 fully saturated rings. The van der Waals surface area contributed by atoms with E-state index in [-0.39, 0.29) is 24.0 Å². The Kier molecular flexibility index (Phi) is 7.18. The molecule has 0 aliphatic carbocycles. The van der Waals surface area contributed by atoms with Crippen molar-refractivity contribution in [2.75, 3.05) is 51.2 Å². The molecule has 146 valence electrons. The molecule has 1 aromatic rings. The number of anilines is 1. The number of rotatable bonds is 4. The predicted octanol–water partition coefficient (Wildman–Crippen LogP) is 2.70. The van der Waals surface area contributed by atoms with Gasteiger partial charge < -0.3 is 15.1 Å². The Morgan fingerprint density at radius 1 is 1.04 bits per heavy atom. The van der Waals surface area contributed by atoms with Crippen molar-refractivity contribution in [1.82, 2.24) is 15.1 Å². The summed E-state index contributed by atoms with van der Waals surface area (Å²) < 4.78 is 0. The molecule has 0 radical (unpaired) electrons. The molecule has 0 spiro atoms. The van der Waals surface area contributed by atoms with Crippen LogP contribution < -0.4 is 10.2 Å². The van der Waals surface area contributed by atoms with Crippen molar-refractivity contribution in [2.24, 2.45) is 4.99 Å². The number of aliphatic imine (C=N–C) groups is 1. The van der Waals surface area contributed by atoms with Crippen molar-refractivity contribution in [3.8, 4) is 0 Å². The van der Waals surface area contributed by atoms with Crippen LogP contribution in [0.1, 0.15) is 12.0 Å². The zero-order valence-corrected chi connectivity index (χ0v) is 18.4. The number of halogens is 1. The molecule has 1 aromatic carbocycles. The molecule has 0 saturated carbocycles. The van der Waals surface area contributed by atoms with Crippen LogP contribution in [0.25, 0.3) is 0 Å². The number of nitrogens with one attached hydrogen (secondary N) is 1. The molecule has 1 unspecified atom stereocenters. The van der Waals surface area contributed by atoms with Crippen LogP contribution in [0, 0.1) is 0 Å². The summed E-state index contributed by atoms with van der Waals surface area (Å²) in [7, 11) is 1.89. The quantitative estimate of drug-likeness (QED) is 0.312. The summed E-state index contributed by atoms with van der Waals surface area (Å²) in [6.07, 6.45) is 10.2. The van der Waals surface area contributed by atoms with Gasteiger partial charge in [-0.1, -0.05) is 36.4 Å². The Morgan fingerprint density at radius 2 is 1.70 bits per heavy atom. The molecule has 3 aliphatic rings. The van der Waals surface area contributed by atoms with Gasteiger partial charge in [0.1, 0.15) is 0 Å². The first-order valence-electron chi connectivity index (χ1n) is 9.67. The SMILES string of the molecule is CN=C(NCc1ccc(N2CC=CC2)cc1)N1CCC(N2CC=CC2)C1.I. The standard InChI is InChI=1S/C21H29N5.HI/c1-22-21(26-15-10-20(17-26)25-13-4-5-14-25)23-16-18-6-8-19(9-7-18)24-11-2-3-12-24;/h2-9,20H,10-17H2,1H3,(H,22,23);1H. The van der Waals surface area contributed by atoms with Gasteiger partial charge in [0.15, 0.2) is 5.96 Å². The summed E-state index contributed by atoms with van der Waals surface area (Å²) >= 11 is 0. The first-order valence-corrected chi connectivity index (χ1v) is 9.67. The zero-order valence-electron chi connectivity index (χ0n) is 16.1. The number of hydrogen-bond acceptors (Lipinski definition) is 3. The minimum absolute atomic E-state index is 0. The molecule has 0 aromatic heterocycles. The molecule has 0 amide bonds. The Hall–Kier alpha value is -1.54. The third-order valence-corrected chi connectivity index (χ3v) is 5.61. The molecule has 0 bridgehead atoms. The van der Waals surface area contributed by atoms with Gasteiger partial charge in [0.05, 0.1) is 0 Å². The first-order chi connectivity index (χ1) is 12.8. The molecular weight excluding hydrogens is 449 g/mol. The highest BCUT2D eigenvalue weighted by Crippen LogP contribution is 2.19. The fraction of sp³-hybridized carbons (Fsp3) is 0.476. The van der Waals surface area contributed by atoms with Crippen molar-refractivity contribution in [3.63, 3.8) is 0 Å². The minimum Gasteiger partial charge on any atom is -0.364 e. The van der Waals surface area contributed by atoms with Gasteiger partial charge in [-0.25, -0.2) is 0 Å². The number of nitrogens with zero attached hydrogens (tertiary/aromatic N) is 4. The highest BCUT2D eigenvalue weighted by Gasteiger charge is 2.29. The molecule has 3 heterocycles. The van der Waals surface area contributed by atoms with Gasteiger partial charge in [0.25, 0.3) is 0 Å². The lowest BCUT2D eigenvalue weighted by molar-refractivity contribution is 0.259. The summed E-state index contributed by atoms with van der Waals surface area (Å²) in [4.78, 5) is 11.8. The van der Waals surface area contributed by atoms with Crippen LogP contribution in [0.3, 0.4) is 0 Å². The van der Waals surface area contributed by atoms with Crippen molar-refractivity contribution < 1.29 is 0 Å². The molecule has 5 nitrogen and oxygen atoms in total. The minimum atomic E-state index is 0. The highest BCUT2D eigenvalue weighted by atomic mass is 127. The smallest absolute Gasteiger partial charge is 0.193 e. The van der Waals surface area contributed by atoms with E-state index in [4.69, 9.17) is 0 Å². The van der Waals surface area contributed by atoms with E-state index in [0.717, 1.165) is 51.8 Å². The molecule has 4 rings (SSSR count). The van der Waals surface area contributed by atoms with Gasteiger partial charge in [-0.2, -0.15) is 0 Å². The van der Waals surface area contributed by atoms with Gasteiger partial charge in [0.2, 0.25) is 0 Å².